The number of ether oxygens (including phenoxy) is 1. The Morgan fingerprint density at radius 3 is 2.48 bits per heavy atom. The molecule has 1 aliphatic rings. The van der Waals surface area contributed by atoms with Gasteiger partial charge in [0.25, 0.3) is 5.91 Å². The average molecular weight is 364 g/mol. The smallest absolute Gasteiger partial charge is 0.257 e. The predicted molar refractivity (Wildman–Crippen MR) is 104 cm³/mol. The van der Waals surface area contributed by atoms with E-state index in [1.165, 1.54) is 0 Å². The summed E-state index contributed by atoms with van der Waals surface area (Å²) in [6, 6.07) is 11.9. The molecule has 6 heteroatoms. The topological polar surface area (TPSA) is 59.7 Å². The van der Waals surface area contributed by atoms with E-state index in [-0.39, 0.29) is 11.3 Å². The molecule has 27 heavy (non-hydrogen) atoms. The van der Waals surface area contributed by atoms with E-state index in [0.717, 1.165) is 22.6 Å². The lowest BCUT2D eigenvalue weighted by Crippen LogP contribution is -2.41. The molecule has 0 unspecified atom stereocenters. The summed E-state index contributed by atoms with van der Waals surface area (Å²) in [6.45, 7) is 8.69. The summed E-state index contributed by atoms with van der Waals surface area (Å²) in [5, 5.41) is 4.81. The lowest BCUT2D eigenvalue weighted by atomic mass is 9.93. The Hall–Kier alpha value is -2.73. The van der Waals surface area contributed by atoms with Crippen LogP contribution in [0, 0.1) is 0 Å². The van der Waals surface area contributed by atoms with Crippen molar-refractivity contribution in [2.45, 2.75) is 26.2 Å². The lowest BCUT2D eigenvalue weighted by Gasteiger charge is -2.27. The van der Waals surface area contributed by atoms with Crippen LogP contribution in [0.25, 0.3) is 16.9 Å². The molecule has 0 spiro atoms. The third-order valence-electron chi connectivity index (χ3n) is 4.83. The van der Waals surface area contributed by atoms with Crippen LogP contribution >= 0.6 is 0 Å². The Morgan fingerprint density at radius 1 is 1.11 bits per heavy atom. The van der Waals surface area contributed by atoms with Crippen molar-refractivity contribution >= 4 is 11.6 Å². The van der Waals surface area contributed by atoms with E-state index in [0.29, 0.717) is 31.9 Å². The van der Waals surface area contributed by atoms with E-state index in [9.17, 15) is 4.79 Å². The Labute approximate surface area is 158 Å². The van der Waals surface area contributed by atoms with E-state index in [4.69, 9.17) is 9.84 Å². The van der Waals surface area contributed by atoms with Crippen LogP contribution in [0.15, 0.2) is 42.6 Å². The van der Waals surface area contributed by atoms with Crippen LogP contribution < -0.4 is 0 Å². The van der Waals surface area contributed by atoms with Crippen molar-refractivity contribution in [1.82, 2.24) is 19.5 Å². The first-order valence-corrected chi connectivity index (χ1v) is 9.27. The summed E-state index contributed by atoms with van der Waals surface area (Å²) in [7, 11) is 0. The van der Waals surface area contributed by atoms with Crippen molar-refractivity contribution in [3.8, 4) is 11.3 Å². The molecule has 0 radical (unpaired) electrons. The maximum absolute atomic E-state index is 13.2. The van der Waals surface area contributed by atoms with Crippen LogP contribution in [0.5, 0.6) is 0 Å². The van der Waals surface area contributed by atoms with Crippen molar-refractivity contribution in [2.24, 2.45) is 0 Å². The molecule has 2 aromatic heterocycles. The minimum atomic E-state index is -0.101. The first-order chi connectivity index (χ1) is 12.9. The van der Waals surface area contributed by atoms with Gasteiger partial charge in [0, 0.05) is 36.3 Å². The molecule has 1 aromatic carbocycles. The third-order valence-corrected chi connectivity index (χ3v) is 4.83. The highest BCUT2D eigenvalue weighted by molar-refractivity contribution is 6.00. The highest BCUT2D eigenvalue weighted by atomic mass is 16.5. The second kappa shape index (κ2) is 6.78. The van der Waals surface area contributed by atoms with E-state index < -0.39 is 0 Å². The number of morpholine rings is 1. The second-order valence-corrected chi connectivity index (χ2v) is 7.84. The van der Waals surface area contributed by atoms with Crippen molar-refractivity contribution in [3.63, 3.8) is 0 Å². The molecule has 0 aliphatic carbocycles. The van der Waals surface area contributed by atoms with Crippen molar-refractivity contribution in [1.29, 1.82) is 0 Å². The number of aromatic nitrogens is 3. The van der Waals surface area contributed by atoms with Crippen molar-refractivity contribution in [2.75, 3.05) is 26.3 Å². The maximum atomic E-state index is 13.2. The Balaban J connectivity index is 1.91. The Morgan fingerprint density at radius 2 is 1.81 bits per heavy atom. The molecule has 3 aromatic rings. The number of carbonyl (C=O) groups is 1. The Kier molecular flexibility index (Phi) is 4.44. The fraction of sp³-hybridized carbons (Fsp3) is 0.381. The number of hydrogen-bond acceptors (Lipinski definition) is 4. The maximum Gasteiger partial charge on any atom is 0.257 e. The summed E-state index contributed by atoms with van der Waals surface area (Å²) in [5.41, 5.74) is 3.90. The molecule has 1 fully saturated rings. The fourth-order valence-electron chi connectivity index (χ4n) is 3.27. The zero-order valence-electron chi connectivity index (χ0n) is 16.0. The van der Waals surface area contributed by atoms with Gasteiger partial charge in [-0.15, -0.1) is 0 Å². The number of hydrogen-bond donors (Lipinski definition) is 0. The van der Waals surface area contributed by atoms with Crippen molar-refractivity contribution in [3.05, 3.63) is 53.9 Å². The van der Waals surface area contributed by atoms with Gasteiger partial charge in [0.2, 0.25) is 0 Å². The van der Waals surface area contributed by atoms with E-state index >= 15 is 0 Å². The SMILES string of the molecule is CC(C)(C)c1cc2ncc(C(=O)N3CCOCC3)c(-c3ccccc3)n2n1. The zero-order valence-corrected chi connectivity index (χ0v) is 16.0. The van der Waals surface area contributed by atoms with Crippen LogP contribution in [0.3, 0.4) is 0 Å². The number of fused-ring (bicyclic) bond motifs is 1. The standard InChI is InChI=1S/C21H24N4O2/c1-21(2,3)17-13-18-22-14-16(20(26)24-9-11-27-12-10-24)19(25(18)23-17)15-7-5-4-6-8-15/h4-8,13-14H,9-12H2,1-3H3. The molecule has 0 saturated carbocycles. The lowest BCUT2D eigenvalue weighted by molar-refractivity contribution is 0.0303. The van der Waals surface area contributed by atoms with Gasteiger partial charge in [-0.2, -0.15) is 5.10 Å². The van der Waals surface area contributed by atoms with Gasteiger partial charge in [-0.1, -0.05) is 51.1 Å². The number of amides is 1. The summed E-state index contributed by atoms with van der Waals surface area (Å²) >= 11 is 0. The summed E-state index contributed by atoms with van der Waals surface area (Å²) in [5.74, 6) is -0.0284. The van der Waals surface area contributed by atoms with Crippen LogP contribution in [-0.2, 0) is 10.2 Å². The number of rotatable bonds is 2. The third kappa shape index (κ3) is 3.32. The first kappa shape index (κ1) is 17.7. The van der Waals surface area contributed by atoms with E-state index in [1.807, 2.05) is 45.8 Å². The minimum Gasteiger partial charge on any atom is -0.378 e. The molecule has 6 nitrogen and oxygen atoms in total. The molecule has 4 rings (SSSR count). The summed E-state index contributed by atoms with van der Waals surface area (Å²) < 4.78 is 7.19. The molecular formula is C21H24N4O2. The zero-order chi connectivity index (χ0) is 19.0. The van der Waals surface area contributed by atoms with Gasteiger partial charge < -0.3 is 9.64 Å². The highest BCUT2D eigenvalue weighted by Crippen LogP contribution is 2.28. The minimum absolute atomic E-state index is 0.0284. The molecule has 0 N–H and O–H groups in total. The largest absolute Gasteiger partial charge is 0.378 e. The molecule has 3 heterocycles. The highest BCUT2D eigenvalue weighted by Gasteiger charge is 2.26. The Bertz CT molecular complexity index is 967. The molecule has 0 bridgehead atoms. The fourth-order valence-corrected chi connectivity index (χ4v) is 3.27. The summed E-state index contributed by atoms with van der Waals surface area (Å²) in [6.07, 6.45) is 1.68. The quantitative estimate of drug-likeness (QED) is 0.701. The van der Waals surface area contributed by atoms with Gasteiger partial charge in [0.05, 0.1) is 30.2 Å². The van der Waals surface area contributed by atoms with Gasteiger partial charge in [-0.3, -0.25) is 4.79 Å². The number of benzene rings is 1. The van der Waals surface area contributed by atoms with Crippen molar-refractivity contribution < 1.29 is 9.53 Å². The molecule has 1 aliphatic heterocycles. The number of nitrogens with zero attached hydrogens (tertiary/aromatic N) is 4. The number of carbonyl (C=O) groups excluding carboxylic acids is 1. The van der Waals surface area contributed by atoms with Gasteiger partial charge in [-0.25, -0.2) is 9.50 Å². The molecule has 0 atom stereocenters. The monoisotopic (exact) mass is 364 g/mol. The van der Waals surface area contributed by atoms with Gasteiger partial charge in [0.1, 0.15) is 0 Å². The van der Waals surface area contributed by atoms with Crippen LogP contribution in [0.1, 0.15) is 36.8 Å². The summed E-state index contributed by atoms with van der Waals surface area (Å²) in [4.78, 5) is 19.6. The second-order valence-electron chi connectivity index (χ2n) is 7.84. The normalized spacial score (nSPS) is 15.3. The average Bonchev–Trinajstić information content (AvgIpc) is 3.13. The molecule has 1 amide bonds. The molecule has 1 saturated heterocycles. The van der Waals surface area contributed by atoms with Gasteiger partial charge >= 0.3 is 0 Å². The molecular weight excluding hydrogens is 340 g/mol. The molecule has 140 valence electrons. The van der Waals surface area contributed by atoms with E-state index in [1.54, 1.807) is 6.20 Å². The van der Waals surface area contributed by atoms with Crippen LogP contribution in [-0.4, -0.2) is 51.7 Å². The predicted octanol–water partition coefficient (Wildman–Crippen LogP) is 3.17. The van der Waals surface area contributed by atoms with Gasteiger partial charge in [0.15, 0.2) is 5.65 Å². The van der Waals surface area contributed by atoms with E-state index in [2.05, 4.69) is 25.8 Å². The van der Waals surface area contributed by atoms with Crippen LogP contribution in [0.4, 0.5) is 0 Å². The van der Waals surface area contributed by atoms with Gasteiger partial charge in [-0.05, 0) is 0 Å². The first-order valence-electron chi connectivity index (χ1n) is 9.27. The van der Waals surface area contributed by atoms with Crippen LogP contribution in [0.2, 0.25) is 0 Å².